The van der Waals surface area contributed by atoms with Crippen molar-refractivity contribution in [3.63, 3.8) is 0 Å². The molecule has 1 atom stereocenters. The zero-order valence-corrected chi connectivity index (χ0v) is 17.0. The van der Waals surface area contributed by atoms with E-state index in [0.29, 0.717) is 31.1 Å². The van der Waals surface area contributed by atoms with Gasteiger partial charge in [0.05, 0.1) is 22.4 Å². The minimum Gasteiger partial charge on any atom is -0.342 e. The van der Waals surface area contributed by atoms with E-state index in [1.165, 1.54) is 28.6 Å². The molecular formula is C20H24N4O4S. The highest BCUT2D eigenvalue weighted by atomic mass is 32.2. The normalized spacial score (nSPS) is 23.3. The van der Waals surface area contributed by atoms with Crippen molar-refractivity contribution in [2.75, 3.05) is 39.3 Å². The molecule has 0 bridgehead atoms. The molecule has 9 heteroatoms. The first-order valence-electron chi connectivity index (χ1n) is 9.95. The Morgan fingerprint density at radius 2 is 1.76 bits per heavy atom. The number of piperazine rings is 1. The maximum absolute atomic E-state index is 12.8. The summed E-state index contributed by atoms with van der Waals surface area (Å²) in [5, 5.41) is 8.86. The highest BCUT2D eigenvalue weighted by Gasteiger charge is 2.40. The number of amides is 2. The van der Waals surface area contributed by atoms with Crippen LogP contribution in [0.5, 0.6) is 0 Å². The van der Waals surface area contributed by atoms with Crippen LogP contribution >= 0.6 is 0 Å². The molecule has 2 aliphatic heterocycles. The van der Waals surface area contributed by atoms with E-state index in [1.807, 2.05) is 11.0 Å². The number of carbonyl (C=O) groups excluding carboxylic acids is 2. The Morgan fingerprint density at radius 3 is 2.34 bits per heavy atom. The highest BCUT2D eigenvalue weighted by molar-refractivity contribution is 7.89. The summed E-state index contributed by atoms with van der Waals surface area (Å²) in [4.78, 5) is 28.6. The molecule has 3 fully saturated rings. The largest absolute Gasteiger partial charge is 0.342 e. The van der Waals surface area contributed by atoms with Crippen molar-refractivity contribution in [1.82, 2.24) is 14.1 Å². The number of sulfonamides is 1. The Hall–Kier alpha value is -2.44. The van der Waals surface area contributed by atoms with Crippen LogP contribution in [-0.4, -0.2) is 73.6 Å². The van der Waals surface area contributed by atoms with Crippen LogP contribution in [0.25, 0.3) is 0 Å². The lowest BCUT2D eigenvalue weighted by atomic mass is 10.1. The monoisotopic (exact) mass is 416 g/mol. The number of hydrogen-bond acceptors (Lipinski definition) is 5. The van der Waals surface area contributed by atoms with Crippen molar-refractivity contribution < 1.29 is 18.0 Å². The van der Waals surface area contributed by atoms with Gasteiger partial charge in [-0.15, -0.1) is 0 Å². The first kappa shape index (κ1) is 19.9. The van der Waals surface area contributed by atoms with Crippen LogP contribution in [0, 0.1) is 23.2 Å². The molecule has 0 aromatic heterocycles. The SMILES string of the molecule is N#Cc1ccc(S(=O)(=O)N2CCN(C(=O)[C@@H]3CC(=O)N(CC4CC4)C3)CC2)cc1. The first-order valence-corrected chi connectivity index (χ1v) is 11.4. The minimum atomic E-state index is -3.66. The van der Waals surface area contributed by atoms with Crippen LogP contribution in [0.3, 0.4) is 0 Å². The molecule has 0 N–H and O–H groups in total. The summed E-state index contributed by atoms with van der Waals surface area (Å²) >= 11 is 0. The van der Waals surface area contributed by atoms with E-state index in [2.05, 4.69) is 0 Å². The van der Waals surface area contributed by atoms with Crippen molar-refractivity contribution in [1.29, 1.82) is 5.26 Å². The van der Waals surface area contributed by atoms with E-state index in [-0.39, 0.29) is 42.1 Å². The summed E-state index contributed by atoms with van der Waals surface area (Å²) in [5.41, 5.74) is 0.404. The summed E-state index contributed by atoms with van der Waals surface area (Å²) < 4.78 is 27.0. The molecule has 1 aromatic carbocycles. The lowest BCUT2D eigenvalue weighted by molar-refractivity contribution is -0.137. The van der Waals surface area contributed by atoms with Crippen LogP contribution in [-0.2, 0) is 19.6 Å². The van der Waals surface area contributed by atoms with Gasteiger partial charge in [0.15, 0.2) is 0 Å². The van der Waals surface area contributed by atoms with Crippen LogP contribution in [0.4, 0.5) is 0 Å². The summed E-state index contributed by atoms with van der Waals surface area (Å²) in [7, 11) is -3.66. The van der Waals surface area contributed by atoms with Crippen molar-refractivity contribution in [3.05, 3.63) is 29.8 Å². The lowest BCUT2D eigenvalue weighted by Gasteiger charge is -2.35. The van der Waals surface area contributed by atoms with Gasteiger partial charge in [-0.2, -0.15) is 9.57 Å². The van der Waals surface area contributed by atoms with Gasteiger partial charge in [0, 0.05) is 45.7 Å². The van der Waals surface area contributed by atoms with Gasteiger partial charge in [0.2, 0.25) is 21.8 Å². The summed E-state index contributed by atoms with van der Waals surface area (Å²) in [6.45, 7) is 2.33. The third-order valence-corrected chi connectivity index (χ3v) is 7.82. The molecule has 1 aliphatic carbocycles. The number of hydrogen-bond donors (Lipinski definition) is 0. The molecule has 29 heavy (non-hydrogen) atoms. The average Bonchev–Trinajstić information content (AvgIpc) is 3.49. The molecule has 0 spiro atoms. The fourth-order valence-corrected chi connectivity index (χ4v) is 5.41. The second kappa shape index (κ2) is 7.76. The zero-order chi connectivity index (χ0) is 20.6. The van der Waals surface area contributed by atoms with Gasteiger partial charge in [0.1, 0.15) is 0 Å². The number of rotatable bonds is 5. The van der Waals surface area contributed by atoms with Crippen LogP contribution in [0.1, 0.15) is 24.8 Å². The quantitative estimate of drug-likeness (QED) is 0.701. The molecule has 4 rings (SSSR count). The van der Waals surface area contributed by atoms with Gasteiger partial charge < -0.3 is 9.80 Å². The predicted molar refractivity (Wildman–Crippen MR) is 104 cm³/mol. The van der Waals surface area contributed by atoms with E-state index >= 15 is 0 Å². The van der Waals surface area contributed by atoms with Crippen LogP contribution < -0.4 is 0 Å². The molecule has 3 aliphatic rings. The van der Waals surface area contributed by atoms with Crippen molar-refractivity contribution in [2.24, 2.45) is 11.8 Å². The third kappa shape index (κ3) is 4.14. The summed E-state index contributed by atoms with van der Waals surface area (Å²) in [6.07, 6.45) is 2.59. The molecule has 0 unspecified atom stereocenters. The smallest absolute Gasteiger partial charge is 0.243 e. The third-order valence-electron chi connectivity index (χ3n) is 5.91. The van der Waals surface area contributed by atoms with E-state index in [9.17, 15) is 18.0 Å². The summed E-state index contributed by atoms with van der Waals surface area (Å²) in [6, 6.07) is 7.81. The van der Waals surface area contributed by atoms with E-state index in [4.69, 9.17) is 5.26 Å². The standard InChI is InChI=1S/C20H24N4O4S/c21-12-15-3-5-18(6-4-15)29(27,28)24-9-7-22(8-10-24)20(26)17-11-19(25)23(14-17)13-16-1-2-16/h3-6,16-17H,1-2,7-11,13-14H2/t17-/m1/s1. The number of likely N-dealkylation sites (tertiary alicyclic amines) is 1. The Kier molecular flexibility index (Phi) is 5.32. The molecule has 2 heterocycles. The lowest BCUT2D eigenvalue weighted by Crippen LogP contribution is -2.52. The van der Waals surface area contributed by atoms with Gasteiger partial charge in [-0.05, 0) is 43.0 Å². The van der Waals surface area contributed by atoms with E-state index in [1.54, 1.807) is 4.90 Å². The van der Waals surface area contributed by atoms with Crippen LogP contribution in [0.15, 0.2) is 29.2 Å². The minimum absolute atomic E-state index is 0.0490. The van der Waals surface area contributed by atoms with Gasteiger partial charge in [0.25, 0.3) is 0 Å². The Labute approximate surface area is 170 Å². The molecule has 154 valence electrons. The maximum Gasteiger partial charge on any atom is 0.243 e. The summed E-state index contributed by atoms with van der Waals surface area (Å²) in [5.74, 6) is 0.288. The molecule has 2 saturated heterocycles. The molecule has 0 radical (unpaired) electrons. The zero-order valence-electron chi connectivity index (χ0n) is 16.2. The van der Waals surface area contributed by atoms with Gasteiger partial charge in [-0.3, -0.25) is 9.59 Å². The molecule has 8 nitrogen and oxygen atoms in total. The molecule has 2 amide bonds. The number of nitrogens with zero attached hydrogens (tertiary/aromatic N) is 4. The molecule has 1 saturated carbocycles. The van der Waals surface area contributed by atoms with Crippen LogP contribution in [0.2, 0.25) is 0 Å². The van der Waals surface area contributed by atoms with Crippen molar-refractivity contribution in [2.45, 2.75) is 24.2 Å². The van der Waals surface area contributed by atoms with Gasteiger partial charge in [-0.25, -0.2) is 8.42 Å². The second-order valence-electron chi connectivity index (χ2n) is 8.01. The Bertz CT molecular complexity index is 942. The first-order chi connectivity index (χ1) is 13.9. The topological polar surface area (TPSA) is 102 Å². The molecule has 1 aromatic rings. The highest BCUT2D eigenvalue weighted by Crippen LogP contribution is 2.32. The maximum atomic E-state index is 12.8. The van der Waals surface area contributed by atoms with Crippen molar-refractivity contribution >= 4 is 21.8 Å². The Balaban J connectivity index is 1.34. The number of nitriles is 1. The molecular weight excluding hydrogens is 392 g/mol. The number of carbonyl (C=O) groups is 2. The number of benzene rings is 1. The fourth-order valence-electron chi connectivity index (χ4n) is 3.98. The van der Waals surface area contributed by atoms with Gasteiger partial charge in [-0.1, -0.05) is 0 Å². The van der Waals surface area contributed by atoms with Gasteiger partial charge >= 0.3 is 0 Å². The van der Waals surface area contributed by atoms with Crippen molar-refractivity contribution in [3.8, 4) is 6.07 Å². The predicted octanol–water partition coefficient (Wildman–Crippen LogP) is 0.650. The van der Waals surface area contributed by atoms with E-state index in [0.717, 1.165) is 19.4 Å². The Morgan fingerprint density at radius 1 is 1.10 bits per heavy atom. The average molecular weight is 417 g/mol. The fraction of sp³-hybridized carbons (Fsp3) is 0.550. The second-order valence-corrected chi connectivity index (χ2v) is 9.95. The van der Waals surface area contributed by atoms with E-state index < -0.39 is 10.0 Å².